The quantitative estimate of drug-likeness (QED) is 0.669. The molecule has 4 heteroatoms. The molecular weight excluding hydrogens is 162 g/mol. The maximum atomic E-state index is 5.58. The molecule has 4 N–H and O–H groups in total. The van der Waals surface area contributed by atoms with Crippen molar-refractivity contribution in [2.45, 2.75) is 13.0 Å². The third-order valence-corrected chi connectivity index (χ3v) is 1.30. The second kappa shape index (κ2) is 4.16. The van der Waals surface area contributed by atoms with E-state index in [0.717, 1.165) is 5.69 Å². The lowest BCUT2D eigenvalue weighted by atomic mass is 10.2. The largest absolute Gasteiger partial charge is 0.397 e. The van der Waals surface area contributed by atoms with E-state index in [-0.39, 0.29) is 18.4 Å². The molecule has 0 radical (unpaired) electrons. The molecule has 1 heterocycles. The Morgan fingerprint density at radius 1 is 1.55 bits per heavy atom. The molecule has 0 saturated carbocycles. The average molecular weight is 174 g/mol. The smallest absolute Gasteiger partial charge is 0.0796 e. The number of hydrogen-bond acceptors (Lipinski definition) is 3. The molecule has 1 unspecified atom stereocenters. The Hall–Kier alpha value is -0.800. The topological polar surface area (TPSA) is 64.9 Å². The molecule has 0 spiro atoms. The first kappa shape index (κ1) is 10.2. The van der Waals surface area contributed by atoms with Crippen LogP contribution < -0.4 is 11.5 Å². The second-order valence-electron chi connectivity index (χ2n) is 2.27. The lowest BCUT2D eigenvalue weighted by Gasteiger charge is -2.05. The van der Waals surface area contributed by atoms with Gasteiger partial charge in [-0.1, -0.05) is 0 Å². The Bertz CT molecular complexity index is 225. The summed E-state index contributed by atoms with van der Waals surface area (Å²) in [5.41, 5.74) is 12.6. The highest BCUT2D eigenvalue weighted by atomic mass is 35.5. The molecule has 0 aliphatic heterocycles. The first-order chi connectivity index (χ1) is 4.72. The molecule has 1 rings (SSSR count). The van der Waals surface area contributed by atoms with Gasteiger partial charge < -0.3 is 11.5 Å². The Kier molecular flexibility index (Phi) is 3.85. The molecule has 11 heavy (non-hydrogen) atoms. The fourth-order valence-electron chi connectivity index (χ4n) is 0.810. The number of aromatic nitrogens is 1. The van der Waals surface area contributed by atoms with Gasteiger partial charge in [0.05, 0.1) is 11.4 Å². The second-order valence-corrected chi connectivity index (χ2v) is 2.27. The number of hydrogen-bond donors (Lipinski definition) is 2. The third kappa shape index (κ3) is 2.37. The van der Waals surface area contributed by atoms with Crippen molar-refractivity contribution in [3.8, 4) is 0 Å². The maximum absolute atomic E-state index is 5.58. The molecule has 62 valence electrons. The lowest BCUT2D eigenvalue weighted by Crippen LogP contribution is -2.09. The molecule has 0 amide bonds. The van der Waals surface area contributed by atoms with Crippen LogP contribution >= 0.6 is 12.4 Å². The van der Waals surface area contributed by atoms with E-state index in [4.69, 9.17) is 11.5 Å². The van der Waals surface area contributed by atoms with Crippen LogP contribution in [0.4, 0.5) is 5.69 Å². The molecule has 1 aromatic rings. The standard InChI is InChI=1S/C7H11N3.ClH/c1-5(8)7-6(9)3-2-4-10-7;/h2-5H,8-9H2,1H3;1H. The number of nitrogen functional groups attached to an aromatic ring is 1. The number of pyridine rings is 1. The van der Waals surface area contributed by atoms with Crippen LogP contribution in [-0.2, 0) is 0 Å². The first-order valence-corrected chi connectivity index (χ1v) is 3.18. The van der Waals surface area contributed by atoms with Crippen molar-refractivity contribution in [1.82, 2.24) is 4.98 Å². The highest BCUT2D eigenvalue weighted by Crippen LogP contribution is 2.12. The van der Waals surface area contributed by atoms with Gasteiger partial charge in [-0.15, -0.1) is 12.4 Å². The fourth-order valence-corrected chi connectivity index (χ4v) is 0.810. The van der Waals surface area contributed by atoms with Crippen molar-refractivity contribution < 1.29 is 0 Å². The highest BCUT2D eigenvalue weighted by molar-refractivity contribution is 5.85. The van der Waals surface area contributed by atoms with Crippen molar-refractivity contribution in [2.75, 3.05) is 5.73 Å². The summed E-state index contributed by atoms with van der Waals surface area (Å²) in [7, 11) is 0. The Balaban J connectivity index is 0.000001000. The zero-order chi connectivity index (χ0) is 7.56. The van der Waals surface area contributed by atoms with Crippen LogP contribution in [0.2, 0.25) is 0 Å². The number of nitrogens with two attached hydrogens (primary N) is 2. The van der Waals surface area contributed by atoms with E-state index in [1.807, 2.05) is 6.92 Å². The number of halogens is 1. The number of anilines is 1. The van der Waals surface area contributed by atoms with Crippen LogP contribution in [0.5, 0.6) is 0 Å². The molecule has 0 bridgehead atoms. The SMILES string of the molecule is CC(N)c1ncccc1N.Cl. The Labute approximate surface area is 72.2 Å². The highest BCUT2D eigenvalue weighted by Gasteiger charge is 2.02. The monoisotopic (exact) mass is 173 g/mol. The van der Waals surface area contributed by atoms with Gasteiger partial charge >= 0.3 is 0 Å². The minimum Gasteiger partial charge on any atom is -0.397 e. The van der Waals surface area contributed by atoms with Crippen molar-refractivity contribution in [1.29, 1.82) is 0 Å². The van der Waals surface area contributed by atoms with Crippen LogP contribution in [0.25, 0.3) is 0 Å². The zero-order valence-corrected chi connectivity index (χ0v) is 7.14. The van der Waals surface area contributed by atoms with Crippen LogP contribution in [0.3, 0.4) is 0 Å². The molecule has 3 nitrogen and oxygen atoms in total. The van der Waals surface area contributed by atoms with E-state index >= 15 is 0 Å². The van der Waals surface area contributed by atoms with Gasteiger partial charge in [0.25, 0.3) is 0 Å². The maximum Gasteiger partial charge on any atom is 0.0796 e. The van der Waals surface area contributed by atoms with Gasteiger partial charge in [0.1, 0.15) is 0 Å². The van der Waals surface area contributed by atoms with E-state index in [1.54, 1.807) is 18.3 Å². The van der Waals surface area contributed by atoms with E-state index in [2.05, 4.69) is 4.98 Å². The van der Waals surface area contributed by atoms with Crippen LogP contribution in [0, 0.1) is 0 Å². The normalized spacial score (nSPS) is 11.8. The van der Waals surface area contributed by atoms with E-state index in [9.17, 15) is 0 Å². The van der Waals surface area contributed by atoms with Crippen molar-refractivity contribution >= 4 is 18.1 Å². The van der Waals surface area contributed by atoms with Gasteiger partial charge in [-0.2, -0.15) is 0 Å². The summed E-state index contributed by atoms with van der Waals surface area (Å²) in [5.74, 6) is 0. The zero-order valence-electron chi connectivity index (χ0n) is 6.32. The fraction of sp³-hybridized carbons (Fsp3) is 0.286. The summed E-state index contributed by atoms with van der Waals surface area (Å²) in [4.78, 5) is 4.03. The molecule has 0 aliphatic carbocycles. The van der Waals surface area contributed by atoms with Crippen LogP contribution in [-0.4, -0.2) is 4.98 Å². The average Bonchev–Trinajstić information content (AvgIpc) is 1.88. The minimum absolute atomic E-state index is 0. The summed E-state index contributed by atoms with van der Waals surface area (Å²) in [6.45, 7) is 1.86. The van der Waals surface area contributed by atoms with Crippen molar-refractivity contribution in [3.63, 3.8) is 0 Å². The number of rotatable bonds is 1. The molecule has 0 aliphatic rings. The van der Waals surface area contributed by atoms with Gasteiger partial charge in [-0.3, -0.25) is 4.98 Å². The summed E-state index contributed by atoms with van der Waals surface area (Å²) >= 11 is 0. The van der Waals surface area contributed by atoms with Crippen molar-refractivity contribution in [2.24, 2.45) is 5.73 Å². The summed E-state index contributed by atoms with van der Waals surface area (Å²) < 4.78 is 0. The van der Waals surface area contributed by atoms with E-state index in [1.165, 1.54) is 0 Å². The van der Waals surface area contributed by atoms with Gasteiger partial charge in [0.2, 0.25) is 0 Å². The molecule has 1 atom stereocenters. The van der Waals surface area contributed by atoms with Gasteiger partial charge in [0, 0.05) is 12.2 Å². The van der Waals surface area contributed by atoms with Gasteiger partial charge in [-0.05, 0) is 19.1 Å². The summed E-state index contributed by atoms with van der Waals surface area (Å²) in [5, 5.41) is 0. The first-order valence-electron chi connectivity index (χ1n) is 3.18. The summed E-state index contributed by atoms with van der Waals surface area (Å²) in [6, 6.07) is 3.51. The van der Waals surface area contributed by atoms with Gasteiger partial charge in [0.15, 0.2) is 0 Å². The minimum atomic E-state index is -0.0822. The van der Waals surface area contributed by atoms with Crippen LogP contribution in [0.1, 0.15) is 18.7 Å². The predicted molar refractivity (Wildman–Crippen MR) is 48.5 cm³/mol. The molecular formula is C7H12ClN3. The molecule has 0 saturated heterocycles. The van der Waals surface area contributed by atoms with E-state index in [0.29, 0.717) is 5.69 Å². The summed E-state index contributed by atoms with van der Waals surface area (Å²) in [6.07, 6.45) is 1.69. The van der Waals surface area contributed by atoms with E-state index < -0.39 is 0 Å². The predicted octanol–water partition coefficient (Wildman–Crippen LogP) is 1.11. The Morgan fingerprint density at radius 3 is 2.55 bits per heavy atom. The van der Waals surface area contributed by atoms with Crippen LogP contribution in [0.15, 0.2) is 18.3 Å². The third-order valence-electron chi connectivity index (χ3n) is 1.30. The lowest BCUT2D eigenvalue weighted by molar-refractivity contribution is 0.785. The van der Waals surface area contributed by atoms with Gasteiger partial charge in [-0.25, -0.2) is 0 Å². The molecule has 1 aromatic heterocycles. The number of nitrogens with zero attached hydrogens (tertiary/aromatic N) is 1. The van der Waals surface area contributed by atoms with Crippen molar-refractivity contribution in [3.05, 3.63) is 24.0 Å². The molecule has 0 aromatic carbocycles. The Morgan fingerprint density at radius 2 is 2.18 bits per heavy atom. The molecule has 0 fully saturated rings.